The second-order valence-corrected chi connectivity index (χ2v) is 15.0. The van der Waals surface area contributed by atoms with Gasteiger partial charge in [0.2, 0.25) is 15.9 Å². The van der Waals surface area contributed by atoms with Gasteiger partial charge in [0.05, 0.1) is 11.0 Å². The van der Waals surface area contributed by atoms with Crippen molar-refractivity contribution in [2.75, 3.05) is 0 Å². The van der Waals surface area contributed by atoms with E-state index in [4.69, 9.17) is 10.5 Å². The van der Waals surface area contributed by atoms with Gasteiger partial charge in [0.15, 0.2) is 6.04 Å². The lowest BCUT2D eigenvalue weighted by atomic mass is 9.94. The van der Waals surface area contributed by atoms with Crippen molar-refractivity contribution >= 4 is 26.7 Å². The maximum atomic E-state index is 16.6. The van der Waals surface area contributed by atoms with E-state index < -0.39 is 39.3 Å². The number of nitrogens with two attached hydrogens (primary N) is 1. The molecule has 11 heteroatoms. The number of benzene rings is 4. The van der Waals surface area contributed by atoms with E-state index in [0.29, 0.717) is 47.9 Å². The molecule has 48 heavy (non-hydrogen) atoms. The molecule has 4 aromatic rings. The number of sulfonamides is 1. The van der Waals surface area contributed by atoms with Gasteiger partial charge < -0.3 is 15.4 Å². The Morgan fingerprint density at radius 1 is 0.833 bits per heavy atom. The van der Waals surface area contributed by atoms with Gasteiger partial charge >= 0.3 is 0 Å². The Bertz CT molecular complexity index is 1900. The van der Waals surface area contributed by atoms with Crippen LogP contribution in [0.4, 0.5) is 13.2 Å². The van der Waals surface area contributed by atoms with Crippen LogP contribution < -0.4 is 15.2 Å². The molecule has 3 fully saturated rings. The van der Waals surface area contributed by atoms with Crippen molar-refractivity contribution in [2.45, 2.75) is 92.5 Å². The van der Waals surface area contributed by atoms with Crippen LogP contribution in [0.2, 0.25) is 0 Å². The number of alkyl halides is 2. The molecule has 1 amide bonds. The van der Waals surface area contributed by atoms with Crippen molar-refractivity contribution in [1.82, 2.24) is 9.62 Å². The molecular formula is C37H38F3N3O4S. The van der Waals surface area contributed by atoms with Crippen molar-refractivity contribution < 1.29 is 31.1 Å². The van der Waals surface area contributed by atoms with Crippen LogP contribution in [0.3, 0.4) is 0 Å². The maximum absolute atomic E-state index is 16.6. The van der Waals surface area contributed by atoms with E-state index in [0.717, 1.165) is 31.1 Å². The highest BCUT2D eigenvalue weighted by Gasteiger charge is 2.53. The van der Waals surface area contributed by atoms with Gasteiger partial charge in [-0.1, -0.05) is 48.5 Å². The van der Waals surface area contributed by atoms with E-state index in [1.807, 2.05) is 6.07 Å². The van der Waals surface area contributed by atoms with Crippen molar-refractivity contribution in [3.63, 3.8) is 0 Å². The summed E-state index contributed by atoms with van der Waals surface area (Å²) in [7, 11) is -4.60. The van der Waals surface area contributed by atoms with Gasteiger partial charge in [-0.05, 0) is 110 Å². The summed E-state index contributed by atoms with van der Waals surface area (Å²) in [6.45, 7) is 0. The van der Waals surface area contributed by atoms with E-state index in [1.54, 1.807) is 18.2 Å². The van der Waals surface area contributed by atoms with E-state index in [1.165, 1.54) is 65.6 Å². The number of ether oxygens (including phenoxy) is 1. The minimum Gasteiger partial charge on any atom is -0.490 e. The zero-order valence-corrected chi connectivity index (χ0v) is 27.1. The van der Waals surface area contributed by atoms with Crippen LogP contribution in [0.25, 0.3) is 21.9 Å². The zero-order chi connectivity index (χ0) is 33.6. The van der Waals surface area contributed by atoms with Crippen molar-refractivity contribution in [1.29, 1.82) is 0 Å². The Morgan fingerprint density at radius 3 is 2.06 bits per heavy atom. The number of nitrogens with one attached hydrogen (secondary N) is 1. The standard InChI is InChI=1S/C37H38F3N3O4S/c38-28-13-7-24(8-14-28)23-5-11-27(12-6-23)37(39,40)35(36(44)43-30-15-16-31(43)22-29(41)21-30)42-48(45,46)34-18-10-25-19-33(17-9-26(25)20-34)47-32-3-1-2-4-32/h5-14,17-20,29-32,35,42H,1-4,15-16,21-22,41H2. The van der Waals surface area contributed by atoms with E-state index in [-0.39, 0.29) is 29.1 Å². The second-order valence-electron chi connectivity index (χ2n) is 13.3. The molecule has 0 spiro atoms. The SMILES string of the molecule is NC1CC2CCC(C1)N2C(=O)C(NS(=O)(=O)c1ccc2cc(OC3CCCC3)ccc2c1)C(F)(F)c1ccc(-c2ccc(F)cc2)cc1. The Labute approximate surface area is 278 Å². The number of nitrogens with zero attached hydrogens (tertiary/aromatic N) is 1. The molecule has 1 saturated carbocycles. The number of carbonyl (C=O) groups excluding carboxylic acids is 1. The van der Waals surface area contributed by atoms with E-state index in [2.05, 4.69) is 4.72 Å². The first-order valence-electron chi connectivity index (χ1n) is 16.5. The predicted octanol–water partition coefficient (Wildman–Crippen LogP) is 6.89. The molecule has 2 bridgehead atoms. The Kier molecular flexibility index (Phi) is 8.72. The minimum atomic E-state index is -4.60. The van der Waals surface area contributed by atoms with Crippen LogP contribution in [-0.2, 0) is 20.7 Å². The highest BCUT2D eigenvalue weighted by atomic mass is 32.2. The van der Waals surface area contributed by atoms with Crippen molar-refractivity contribution in [2.24, 2.45) is 5.73 Å². The Hall–Kier alpha value is -3.93. The molecule has 2 heterocycles. The van der Waals surface area contributed by atoms with Crippen LogP contribution in [0, 0.1) is 5.82 Å². The average molecular weight is 678 g/mol. The lowest BCUT2D eigenvalue weighted by Crippen LogP contribution is -2.60. The minimum absolute atomic E-state index is 0.150. The molecule has 7 rings (SSSR count). The summed E-state index contributed by atoms with van der Waals surface area (Å²) in [6.07, 6.45) is 6.59. The number of rotatable bonds is 9. The lowest BCUT2D eigenvalue weighted by Gasteiger charge is -2.41. The third kappa shape index (κ3) is 6.43. The highest BCUT2D eigenvalue weighted by molar-refractivity contribution is 7.89. The van der Waals surface area contributed by atoms with Crippen LogP contribution in [0.15, 0.2) is 89.8 Å². The number of halogens is 3. The van der Waals surface area contributed by atoms with Crippen molar-refractivity contribution in [3.8, 4) is 16.9 Å². The molecular weight excluding hydrogens is 639 g/mol. The summed E-state index contributed by atoms with van der Waals surface area (Å²) in [5.74, 6) is -4.63. The van der Waals surface area contributed by atoms with Gasteiger partial charge in [0.1, 0.15) is 11.6 Å². The first kappa shape index (κ1) is 32.6. The van der Waals surface area contributed by atoms with Crippen LogP contribution >= 0.6 is 0 Å². The summed E-state index contributed by atoms with van der Waals surface area (Å²) < 4.78 is 82.6. The Balaban J connectivity index is 1.20. The number of fused-ring (bicyclic) bond motifs is 3. The van der Waals surface area contributed by atoms with Gasteiger partial charge in [0.25, 0.3) is 5.92 Å². The third-order valence-electron chi connectivity index (χ3n) is 10.1. The third-order valence-corrected chi connectivity index (χ3v) is 11.5. The van der Waals surface area contributed by atoms with Crippen LogP contribution in [-0.4, -0.2) is 49.5 Å². The van der Waals surface area contributed by atoms with Crippen LogP contribution in [0.5, 0.6) is 5.75 Å². The monoisotopic (exact) mass is 677 g/mol. The molecule has 252 valence electrons. The first-order chi connectivity index (χ1) is 23.0. The Morgan fingerprint density at radius 2 is 1.42 bits per heavy atom. The van der Waals surface area contributed by atoms with Crippen molar-refractivity contribution in [3.05, 3.63) is 96.3 Å². The van der Waals surface area contributed by atoms with Crippen LogP contribution in [0.1, 0.15) is 56.9 Å². The fourth-order valence-corrected chi connectivity index (χ4v) is 8.79. The summed E-state index contributed by atoms with van der Waals surface area (Å²) in [6, 6.07) is 17.4. The molecule has 2 saturated heterocycles. The molecule has 2 aliphatic heterocycles. The molecule has 0 aromatic heterocycles. The summed E-state index contributed by atoms with van der Waals surface area (Å²) in [5.41, 5.74) is 6.85. The van der Waals surface area contributed by atoms with Gasteiger partial charge in [-0.15, -0.1) is 0 Å². The molecule has 0 radical (unpaired) electrons. The number of hydrogen-bond acceptors (Lipinski definition) is 5. The highest BCUT2D eigenvalue weighted by Crippen LogP contribution is 2.40. The van der Waals surface area contributed by atoms with E-state index in [9.17, 15) is 17.6 Å². The zero-order valence-electron chi connectivity index (χ0n) is 26.3. The normalized spacial score (nSPS) is 22.2. The van der Waals surface area contributed by atoms with Gasteiger partial charge in [-0.2, -0.15) is 13.5 Å². The topological polar surface area (TPSA) is 102 Å². The number of amides is 1. The van der Waals surface area contributed by atoms with Gasteiger partial charge in [-0.3, -0.25) is 4.79 Å². The first-order valence-corrected chi connectivity index (χ1v) is 18.0. The molecule has 3 unspecified atom stereocenters. The molecule has 7 nitrogen and oxygen atoms in total. The number of piperidine rings is 1. The quantitative estimate of drug-likeness (QED) is 0.201. The average Bonchev–Trinajstić information content (AvgIpc) is 3.68. The molecule has 1 aliphatic carbocycles. The number of hydrogen-bond donors (Lipinski definition) is 2. The number of carbonyl (C=O) groups is 1. The maximum Gasteiger partial charge on any atom is 0.298 e. The van der Waals surface area contributed by atoms with Gasteiger partial charge in [0, 0.05) is 23.7 Å². The molecule has 3 atom stereocenters. The summed E-state index contributed by atoms with van der Waals surface area (Å²) in [5, 5.41) is 1.33. The lowest BCUT2D eigenvalue weighted by molar-refractivity contribution is -0.149. The summed E-state index contributed by atoms with van der Waals surface area (Å²) in [4.78, 5) is 15.3. The second kappa shape index (κ2) is 12.8. The molecule has 3 N–H and O–H groups in total. The van der Waals surface area contributed by atoms with E-state index >= 15 is 8.78 Å². The fraction of sp³-hybridized carbons (Fsp3) is 0.378. The summed E-state index contributed by atoms with van der Waals surface area (Å²) >= 11 is 0. The molecule has 4 aromatic carbocycles. The largest absolute Gasteiger partial charge is 0.490 e. The predicted molar refractivity (Wildman–Crippen MR) is 178 cm³/mol. The van der Waals surface area contributed by atoms with Gasteiger partial charge in [-0.25, -0.2) is 12.8 Å². The fourth-order valence-electron chi connectivity index (χ4n) is 7.57. The smallest absolute Gasteiger partial charge is 0.298 e. The molecule has 3 aliphatic rings.